The van der Waals surface area contributed by atoms with Crippen molar-refractivity contribution >= 4 is 5.91 Å². The van der Waals surface area contributed by atoms with E-state index in [-0.39, 0.29) is 5.92 Å². The highest BCUT2D eigenvalue weighted by molar-refractivity contribution is 5.79. The predicted octanol–water partition coefficient (Wildman–Crippen LogP) is 2.83. The lowest BCUT2D eigenvalue weighted by atomic mass is 9.95. The van der Waals surface area contributed by atoms with Crippen molar-refractivity contribution in [1.82, 2.24) is 9.80 Å². The van der Waals surface area contributed by atoms with E-state index < -0.39 is 0 Å². The minimum Gasteiger partial charge on any atom is -0.342 e. The van der Waals surface area contributed by atoms with E-state index in [2.05, 4.69) is 41.0 Å². The van der Waals surface area contributed by atoms with E-state index in [1.165, 1.54) is 24.0 Å². The molecule has 114 valence electrons. The highest BCUT2D eigenvalue weighted by Gasteiger charge is 2.29. The van der Waals surface area contributed by atoms with Gasteiger partial charge in [0.1, 0.15) is 0 Å². The van der Waals surface area contributed by atoms with E-state index >= 15 is 0 Å². The minimum atomic E-state index is 0.275. The van der Waals surface area contributed by atoms with Gasteiger partial charge in [-0.3, -0.25) is 9.69 Å². The van der Waals surface area contributed by atoms with Crippen LogP contribution in [0, 0.1) is 12.8 Å². The molecule has 0 aliphatic carbocycles. The normalized spacial score (nSPS) is 20.9. The van der Waals surface area contributed by atoms with Gasteiger partial charge in [0, 0.05) is 25.6 Å². The van der Waals surface area contributed by atoms with E-state index in [0.717, 1.165) is 45.6 Å². The van der Waals surface area contributed by atoms with Gasteiger partial charge in [-0.1, -0.05) is 29.8 Å². The van der Waals surface area contributed by atoms with Crippen molar-refractivity contribution < 1.29 is 4.79 Å². The highest BCUT2D eigenvalue weighted by atomic mass is 16.2. The molecule has 21 heavy (non-hydrogen) atoms. The van der Waals surface area contributed by atoms with Gasteiger partial charge >= 0.3 is 0 Å². The van der Waals surface area contributed by atoms with Crippen LogP contribution in [0.3, 0.4) is 0 Å². The fourth-order valence-corrected chi connectivity index (χ4v) is 3.60. The molecule has 3 rings (SSSR count). The topological polar surface area (TPSA) is 23.6 Å². The van der Waals surface area contributed by atoms with E-state index in [1.807, 2.05) is 0 Å². The van der Waals surface area contributed by atoms with Crippen molar-refractivity contribution in [3.63, 3.8) is 0 Å². The zero-order chi connectivity index (χ0) is 14.7. The number of nitrogens with zero attached hydrogens (tertiary/aromatic N) is 2. The Morgan fingerprint density at radius 3 is 2.52 bits per heavy atom. The van der Waals surface area contributed by atoms with Crippen molar-refractivity contribution in [3.05, 3.63) is 35.4 Å². The third-order valence-corrected chi connectivity index (χ3v) is 4.84. The Balaban J connectivity index is 1.49. The number of carbonyl (C=O) groups excluding carboxylic acids is 1. The number of piperidine rings is 1. The number of hydrogen-bond donors (Lipinski definition) is 0. The van der Waals surface area contributed by atoms with Crippen LogP contribution in [0.25, 0.3) is 0 Å². The molecule has 2 aliphatic rings. The van der Waals surface area contributed by atoms with Gasteiger partial charge in [-0.2, -0.15) is 0 Å². The molecule has 0 N–H and O–H groups in total. The molecule has 2 fully saturated rings. The van der Waals surface area contributed by atoms with Crippen LogP contribution in [-0.2, 0) is 11.3 Å². The quantitative estimate of drug-likeness (QED) is 0.853. The average molecular weight is 286 g/mol. The average Bonchev–Trinajstić information content (AvgIpc) is 3.01. The Kier molecular flexibility index (Phi) is 4.59. The van der Waals surface area contributed by atoms with Crippen LogP contribution in [0.2, 0.25) is 0 Å². The Morgan fingerprint density at radius 2 is 1.86 bits per heavy atom. The van der Waals surface area contributed by atoms with Gasteiger partial charge in [-0.05, 0) is 51.3 Å². The lowest BCUT2D eigenvalue weighted by Crippen LogP contribution is -2.41. The molecule has 1 amide bonds. The number of rotatable bonds is 3. The van der Waals surface area contributed by atoms with Gasteiger partial charge in [0.25, 0.3) is 0 Å². The standard InChI is InChI=1S/C18H26N2O/c1-15-5-4-6-16(13-15)14-19-11-7-17(8-12-19)18(21)20-9-2-3-10-20/h4-6,13,17H,2-3,7-12,14H2,1H3. The molecular weight excluding hydrogens is 260 g/mol. The van der Waals surface area contributed by atoms with Crippen molar-refractivity contribution in [1.29, 1.82) is 0 Å². The van der Waals surface area contributed by atoms with E-state index in [1.54, 1.807) is 0 Å². The maximum absolute atomic E-state index is 12.4. The third-order valence-electron chi connectivity index (χ3n) is 4.84. The number of aryl methyl sites for hydroxylation is 1. The van der Waals surface area contributed by atoms with Gasteiger partial charge in [-0.25, -0.2) is 0 Å². The molecule has 2 heterocycles. The molecule has 2 saturated heterocycles. The number of likely N-dealkylation sites (tertiary alicyclic amines) is 2. The summed E-state index contributed by atoms with van der Waals surface area (Å²) in [5.74, 6) is 0.694. The van der Waals surface area contributed by atoms with Gasteiger partial charge in [0.15, 0.2) is 0 Å². The highest BCUT2D eigenvalue weighted by Crippen LogP contribution is 2.23. The van der Waals surface area contributed by atoms with Gasteiger partial charge in [0.05, 0.1) is 0 Å². The van der Waals surface area contributed by atoms with E-state index in [4.69, 9.17) is 0 Å². The largest absolute Gasteiger partial charge is 0.342 e. The third kappa shape index (κ3) is 3.65. The Morgan fingerprint density at radius 1 is 1.14 bits per heavy atom. The van der Waals surface area contributed by atoms with Crippen LogP contribution >= 0.6 is 0 Å². The summed E-state index contributed by atoms with van der Waals surface area (Å²) in [6.07, 6.45) is 4.44. The van der Waals surface area contributed by atoms with Crippen LogP contribution < -0.4 is 0 Å². The first-order valence-electron chi connectivity index (χ1n) is 8.29. The lowest BCUT2D eigenvalue weighted by molar-refractivity contribution is -0.136. The first-order valence-corrected chi connectivity index (χ1v) is 8.29. The maximum atomic E-state index is 12.4. The maximum Gasteiger partial charge on any atom is 0.225 e. The van der Waals surface area contributed by atoms with Gasteiger partial charge < -0.3 is 4.90 Å². The summed E-state index contributed by atoms with van der Waals surface area (Å²) >= 11 is 0. The van der Waals surface area contributed by atoms with E-state index in [0.29, 0.717) is 5.91 Å². The first kappa shape index (κ1) is 14.6. The fraction of sp³-hybridized carbons (Fsp3) is 0.611. The molecule has 0 radical (unpaired) electrons. The van der Waals surface area contributed by atoms with Crippen LogP contribution in [0.5, 0.6) is 0 Å². The molecular formula is C18H26N2O. The minimum absolute atomic E-state index is 0.275. The smallest absolute Gasteiger partial charge is 0.225 e. The Labute approximate surface area is 127 Å². The number of amides is 1. The summed E-state index contributed by atoms with van der Waals surface area (Å²) in [5, 5.41) is 0. The summed E-state index contributed by atoms with van der Waals surface area (Å²) in [5.41, 5.74) is 2.71. The summed E-state index contributed by atoms with van der Waals surface area (Å²) < 4.78 is 0. The lowest BCUT2D eigenvalue weighted by Gasteiger charge is -2.33. The summed E-state index contributed by atoms with van der Waals surface area (Å²) in [6.45, 7) is 7.25. The second kappa shape index (κ2) is 6.61. The molecule has 0 atom stereocenters. The molecule has 0 saturated carbocycles. The monoisotopic (exact) mass is 286 g/mol. The van der Waals surface area contributed by atoms with Gasteiger partial charge in [0.2, 0.25) is 5.91 Å². The molecule has 0 unspecified atom stereocenters. The van der Waals surface area contributed by atoms with Crippen LogP contribution in [0.15, 0.2) is 24.3 Å². The molecule has 3 heteroatoms. The SMILES string of the molecule is Cc1cccc(CN2CCC(C(=O)N3CCCC3)CC2)c1. The van der Waals surface area contributed by atoms with Crippen LogP contribution in [-0.4, -0.2) is 41.9 Å². The number of carbonyl (C=O) groups is 1. The number of hydrogen-bond acceptors (Lipinski definition) is 2. The molecule has 0 bridgehead atoms. The molecule has 1 aromatic rings. The van der Waals surface area contributed by atoms with Crippen molar-refractivity contribution in [3.8, 4) is 0 Å². The Bertz CT molecular complexity index is 486. The zero-order valence-electron chi connectivity index (χ0n) is 13.1. The number of benzene rings is 1. The van der Waals surface area contributed by atoms with Crippen LogP contribution in [0.4, 0.5) is 0 Å². The molecule has 0 spiro atoms. The molecule has 1 aromatic carbocycles. The molecule has 3 nitrogen and oxygen atoms in total. The fourth-order valence-electron chi connectivity index (χ4n) is 3.60. The second-order valence-electron chi connectivity index (χ2n) is 6.57. The Hall–Kier alpha value is -1.35. The van der Waals surface area contributed by atoms with Crippen molar-refractivity contribution in [2.45, 2.75) is 39.2 Å². The summed E-state index contributed by atoms with van der Waals surface area (Å²) in [4.78, 5) is 17.0. The predicted molar refractivity (Wildman–Crippen MR) is 85.0 cm³/mol. The first-order chi connectivity index (χ1) is 10.2. The van der Waals surface area contributed by atoms with E-state index in [9.17, 15) is 4.79 Å². The zero-order valence-corrected chi connectivity index (χ0v) is 13.1. The second-order valence-corrected chi connectivity index (χ2v) is 6.57. The van der Waals surface area contributed by atoms with Gasteiger partial charge in [-0.15, -0.1) is 0 Å². The molecule has 2 aliphatic heterocycles. The van der Waals surface area contributed by atoms with Crippen molar-refractivity contribution in [2.24, 2.45) is 5.92 Å². The summed E-state index contributed by atoms with van der Waals surface area (Å²) in [6, 6.07) is 8.74. The molecule has 0 aromatic heterocycles. The summed E-state index contributed by atoms with van der Waals surface area (Å²) in [7, 11) is 0. The van der Waals surface area contributed by atoms with Crippen LogP contribution in [0.1, 0.15) is 36.8 Å². The van der Waals surface area contributed by atoms with Crippen molar-refractivity contribution in [2.75, 3.05) is 26.2 Å².